The molecule has 0 aliphatic carbocycles. The highest BCUT2D eigenvalue weighted by atomic mass is 32.2. The number of sulfonamides is 1. The number of amides is 1. The lowest BCUT2D eigenvalue weighted by atomic mass is 10.2. The Morgan fingerprint density at radius 1 is 1.12 bits per heavy atom. The van der Waals surface area contributed by atoms with Crippen molar-refractivity contribution in [3.8, 4) is 11.6 Å². The number of unbranched alkanes of at least 4 members (excludes halogenated alkanes) is 1. The first-order valence-electron chi connectivity index (χ1n) is 8.46. The Morgan fingerprint density at radius 3 is 2.42 bits per heavy atom. The molecule has 1 amide bonds. The first-order valence-corrected chi connectivity index (χ1v) is 10.1. The van der Waals surface area contributed by atoms with E-state index in [1.54, 1.807) is 43.3 Å². The lowest BCUT2D eigenvalue weighted by molar-refractivity contribution is 0.0952. The Bertz CT molecular complexity index is 819. The Hall–Kier alpha value is -2.61. The van der Waals surface area contributed by atoms with Crippen molar-refractivity contribution in [1.82, 2.24) is 10.3 Å². The van der Waals surface area contributed by atoms with Crippen LogP contribution < -0.4 is 14.8 Å². The topological polar surface area (TPSA) is 97.4 Å². The fourth-order valence-corrected chi connectivity index (χ4v) is 2.66. The van der Waals surface area contributed by atoms with E-state index in [4.69, 9.17) is 4.74 Å². The van der Waals surface area contributed by atoms with Crippen molar-refractivity contribution in [2.45, 2.75) is 26.7 Å². The number of carbonyl (C=O) groups is 1. The molecule has 0 fully saturated rings. The molecule has 0 bridgehead atoms. The van der Waals surface area contributed by atoms with E-state index in [1.807, 2.05) is 0 Å². The summed E-state index contributed by atoms with van der Waals surface area (Å²) in [5, 5.41) is 2.82. The van der Waals surface area contributed by atoms with E-state index in [1.165, 1.54) is 6.20 Å². The Balaban J connectivity index is 1.95. The highest BCUT2D eigenvalue weighted by molar-refractivity contribution is 7.92. The van der Waals surface area contributed by atoms with Crippen molar-refractivity contribution >= 4 is 21.6 Å². The predicted molar refractivity (Wildman–Crippen MR) is 101 cm³/mol. The zero-order valence-electron chi connectivity index (χ0n) is 14.9. The van der Waals surface area contributed by atoms with Crippen molar-refractivity contribution in [2.75, 3.05) is 17.0 Å². The number of nitrogens with one attached hydrogen (secondary N) is 2. The van der Waals surface area contributed by atoms with Gasteiger partial charge >= 0.3 is 0 Å². The molecule has 8 heteroatoms. The molecule has 1 aromatic carbocycles. The monoisotopic (exact) mass is 377 g/mol. The molecule has 0 radical (unpaired) electrons. The molecule has 0 aliphatic heterocycles. The average molecular weight is 377 g/mol. The molecule has 0 aliphatic rings. The van der Waals surface area contributed by atoms with Crippen molar-refractivity contribution in [2.24, 2.45) is 0 Å². The number of aromatic nitrogens is 1. The van der Waals surface area contributed by atoms with Gasteiger partial charge in [0.25, 0.3) is 5.91 Å². The zero-order valence-corrected chi connectivity index (χ0v) is 15.7. The number of ether oxygens (including phenoxy) is 1. The summed E-state index contributed by atoms with van der Waals surface area (Å²) >= 11 is 0. The van der Waals surface area contributed by atoms with Crippen molar-refractivity contribution in [1.29, 1.82) is 0 Å². The average Bonchev–Trinajstić information content (AvgIpc) is 2.64. The number of nitrogens with zero attached hydrogens (tertiary/aromatic N) is 1. The predicted octanol–water partition coefficient (Wildman–Crippen LogP) is 3.17. The van der Waals surface area contributed by atoms with E-state index in [0.717, 1.165) is 12.8 Å². The van der Waals surface area contributed by atoms with E-state index in [9.17, 15) is 13.2 Å². The summed E-state index contributed by atoms with van der Waals surface area (Å²) < 4.78 is 31.1. The fraction of sp³-hybridized carbons (Fsp3) is 0.333. The van der Waals surface area contributed by atoms with Crippen LogP contribution in [0.15, 0.2) is 42.6 Å². The number of benzene rings is 1. The highest BCUT2D eigenvalue weighted by Gasteiger charge is 2.08. The summed E-state index contributed by atoms with van der Waals surface area (Å²) in [4.78, 5) is 16.0. The molecule has 0 saturated heterocycles. The van der Waals surface area contributed by atoms with Crippen LogP contribution in [0.25, 0.3) is 0 Å². The lowest BCUT2D eigenvalue weighted by Crippen LogP contribution is -2.24. The molecule has 0 unspecified atom stereocenters. The minimum absolute atomic E-state index is 0.00748. The highest BCUT2D eigenvalue weighted by Crippen LogP contribution is 2.22. The van der Waals surface area contributed by atoms with E-state index >= 15 is 0 Å². The summed E-state index contributed by atoms with van der Waals surface area (Å²) in [5.41, 5.74) is 0.934. The maximum absolute atomic E-state index is 11.9. The molecule has 0 spiro atoms. The van der Waals surface area contributed by atoms with Crippen molar-refractivity contribution in [3.63, 3.8) is 0 Å². The van der Waals surface area contributed by atoms with Crippen LogP contribution in [0.4, 0.5) is 5.69 Å². The van der Waals surface area contributed by atoms with Crippen LogP contribution in [-0.4, -0.2) is 31.6 Å². The maximum Gasteiger partial charge on any atom is 0.252 e. The number of hydrogen-bond acceptors (Lipinski definition) is 5. The first kappa shape index (κ1) is 19.7. The van der Waals surface area contributed by atoms with Gasteiger partial charge in [-0.25, -0.2) is 13.4 Å². The first-order chi connectivity index (χ1) is 12.4. The van der Waals surface area contributed by atoms with Crippen LogP contribution in [-0.2, 0) is 10.0 Å². The fourth-order valence-electron chi connectivity index (χ4n) is 2.02. The van der Waals surface area contributed by atoms with Gasteiger partial charge in [0.05, 0.1) is 11.3 Å². The second-order valence-electron chi connectivity index (χ2n) is 5.63. The normalized spacial score (nSPS) is 11.0. The summed E-state index contributed by atoms with van der Waals surface area (Å²) in [6.45, 7) is 4.27. The number of hydrogen-bond donors (Lipinski definition) is 2. The van der Waals surface area contributed by atoms with Crippen molar-refractivity contribution < 1.29 is 17.9 Å². The molecule has 2 rings (SSSR count). The molecule has 26 heavy (non-hydrogen) atoms. The standard InChI is InChI=1S/C18H23N3O4S/c1-3-5-12-19-18(22)14-6-11-17(20-13-14)25-16-9-7-15(8-10-16)21-26(23,24)4-2/h6-11,13,21H,3-5,12H2,1-2H3,(H,19,22). The summed E-state index contributed by atoms with van der Waals surface area (Å²) in [6, 6.07) is 9.76. The molecular formula is C18H23N3O4S. The maximum atomic E-state index is 11.9. The van der Waals surface area contributed by atoms with Gasteiger partial charge in [-0.3, -0.25) is 9.52 Å². The Morgan fingerprint density at radius 2 is 1.85 bits per heavy atom. The molecule has 1 heterocycles. The second-order valence-corrected chi connectivity index (χ2v) is 7.64. The number of carbonyl (C=O) groups excluding carboxylic acids is 1. The molecular weight excluding hydrogens is 354 g/mol. The quantitative estimate of drug-likeness (QED) is 0.654. The second kappa shape index (κ2) is 9.19. The minimum atomic E-state index is -3.31. The molecule has 0 saturated carbocycles. The summed E-state index contributed by atoms with van der Waals surface area (Å²) in [7, 11) is -3.31. The number of pyridine rings is 1. The van der Waals surface area contributed by atoms with Gasteiger partial charge in [0.1, 0.15) is 5.75 Å². The molecule has 7 nitrogen and oxygen atoms in total. The molecule has 1 aromatic heterocycles. The van der Waals surface area contributed by atoms with Gasteiger partial charge in [0.2, 0.25) is 15.9 Å². The van der Waals surface area contributed by atoms with Gasteiger partial charge in [-0.05, 0) is 43.7 Å². The minimum Gasteiger partial charge on any atom is -0.439 e. The van der Waals surface area contributed by atoms with Crippen LogP contribution in [0.3, 0.4) is 0 Å². The van der Waals surface area contributed by atoms with Crippen LogP contribution in [0.5, 0.6) is 11.6 Å². The van der Waals surface area contributed by atoms with E-state index in [-0.39, 0.29) is 11.7 Å². The van der Waals surface area contributed by atoms with E-state index < -0.39 is 10.0 Å². The van der Waals surface area contributed by atoms with E-state index in [0.29, 0.717) is 29.4 Å². The third kappa shape index (κ3) is 6.03. The largest absolute Gasteiger partial charge is 0.439 e. The SMILES string of the molecule is CCCCNC(=O)c1ccc(Oc2ccc(NS(=O)(=O)CC)cc2)nc1. The number of anilines is 1. The third-order valence-electron chi connectivity index (χ3n) is 3.54. The van der Waals surface area contributed by atoms with Gasteiger partial charge in [-0.15, -0.1) is 0 Å². The Labute approximate surface area is 153 Å². The van der Waals surface area contributed by atoms with Gasteiger partial charge < -0.3 is 10.1 Å². The summed E-state index contributed by atoms with van der Waals surface area (Å²) in [6.07, 6.45) is 3.41. The van der Waals surface area contributed by atoms with E-state index in [2.05, 4.69) is 21.9 Å². The zero-order chi connectivity index (χ0) is 19.0. The van der Waals surface area contributed by atoms with Crippen LogP contribution in [0.1, 0.15) is 37.0 Å². The molecule has 0 atom stereocenters. The summed E-state index contributed by atoms with van der Waals surface area (Å²) in [5.74, 6) is 0.701. The molecule has 2 N–H and O–H groups in total. The van der Waals surface area contributed by atoms with Crippen molar-refractivity contribution in [3.05, 3.63) is 48.2 Å². The van der Waals surface area contributed by atoms with Crippen LogP contribution >= 0.6 is 0 Å². The lowest BCUT2D eigenvalue weighted by Gasteiger charge is -2.08. The smallest absolute Gasteiger partial charge is 0.252 e. The van der Waals surface area contributed by atoms with Crippen LogP contribution in [0, 0.1) is 0 Å². The molecule has 140 valence electrons. The third-order valence-corrected chi connectivity index (χ3v) is 4.85. The van der Waals surface area contributed by atoms with Gasteiger partial charge in [-0.1, -0.05) is 13.3 Å². The number of rotatable bonds is 9. The Kier molecular flexibility index (Phi) is 6.97. The van der Waals surface area contributed by atoms with Gasteiger partial charge in [-0.2, -0.15) is 0 Å². The van der Waals surface area contributed by atoms with Crippen LogP contribution in [0.2, 0.25) is 0 Å². The van der Waals surface area contributed by atoms with Gasteiger partial charge in [0, 0.05) is 24.5 Å². The molecule has 2 aromatic rings. The van der Waals surface area contributed by atoms with Gasteiger partial charge in [0.15, 0.2) is 0 Å².